The maximum atomic E-state index is 7.44. The largest absolute Gasteiger partial charge is 0.313 e. The lowest BCUT2D eigenvalue weighted by molar-refractivity contribution is 0.767. The molecular weight excluding hydrogens is 140 g/mol. The lowest BCUT2D eigenvalue weighted by Gasteiger charge is -1.91. The second kappa shape index (κ2) is 3.09. The van der Waals surface area contributed by atoms with E-state index in [4.69, 9.17) is 10.8 Å². The zero-order chi connectivity index (χ0) is 8.27. The van der Waals surface area contributed by atoms with Crippen molar-refractivity contribution < 1.29 is 0 Å². The van der Waals surface area contributed by atoms with Crippen LogP contribution < -0.4 is 0 Å². The van der Waals surface area contributed by atoms with Crippen LogP contribution in [0.15, 0.2) is 12.4 Å². The number of rotatable bonds is 3. The van der Waals surface area contributed by atoms with Gasteiger partial charge < -0.3 is 10.8 Å². The van der Waals surface area contributed by atoms with Crippen molar-refractivity contribution in [1.82, 2.24) is 9.78 Å². The number of hydrogen-bond acceptors (Lipinski definition) is 3. The number of aryl methyl sites for hydroxylation is 1. The van der Waals surface area contributed by atoms with E-state index in [2.05, 4.69) is 5.10 Å². The zero-order valence-corrected chi connectivity index (χ0v) is 6.33. The maximum absolute atomic E-state index is 7.44. The topological polar surface area (TPSA) is 65.5 Å². The van der Waals surface area contributed by atoms with Crippen LogP contribution in [0.5, 0.6) is 0 Å². The predicted molar refractivity (Wildman–Crippen MR) is 43.4 cm³/mol. The summed E-state index contributed by atoms with van der Waals surface area (Å²) in [7, 11) is 1.81. The molecule has 1 aromatic heterocycles. The van der Waals surface area contributed by atoms with Gasteiger partial charge in [-0.3, -0.25) is 4.68 Å². The minimum atomic E-state index is 0.381. The van der Waals surface area contributed by atoms with Gasteiger partial charge in [-0.25, -0.2) is 0 Å². The second-order valence-corrected chi connectivity index (χ2v) is 2.29. The van der Waals surface area contributed by atoms with Crippen molar-refractivity contribution in [3.8, 4) is 0 Å². The van der Waals surface area contributed by atoms with Crippen LogP contribution >= 0.6 is 0 Å². The Labute approximate surface area is 64.9 Å². The lowest BCUT2D eigenvalue weighted by Crippen LogP contribution is -1.97. The molecule has 0 unspecified atom stereocenters. The van der Waals surface area contributed by atoms with Crippen molar-refractivity contribution in [2.24, 2.45) is 7.05 Å². The molecule has 0 bridgehead atoms. The van der Waals surface area contributed by atoms with E-state index in [1.807, 2.05) is 0 Å². The Kier molecular flexibility index (Phi) is 2.15. The Morgan fingerprint density at radius 2 is 2.55 bits per heavy atom. The first-order valence-corrected chi connectivity index (χ1v) is 3.29. The summed E-state index contributed by atoms with van der Waals surface area (Å²) in [6.07, 6.45) is 5.00. The van der Waals surface area contributed by atoms with Crippen molar-refractivity contribution in [1.29, 1.82) is 10.8 Å². The van der Waals surface area contributed by atoms with Gasteiger partial charge in [0.15, 0.2) is 0 Å². The predicted octanol–water partition coefficient (Wildman–Crippen LogP) is 0.828. The molecular formula is C7H10N4. The Bertz CT molecular complexity index is 274. The molecule has 4 heteroatoms. The van der Waals surface area contributed by atoms with Crippen LogP contribution in [-0.2, 0) is 7.05 Å². The molecule has 2 N–H and O–H groups in total. The number of nitrogens with one attached hydrogen (secondary N) is 2. The normalized spacial score (nSPS) is 9.55. The third-order valence-corrected chi connectivity index (χ3v) is 1.36. The van der Waals surface area contributed by atoms with Gasteiger partial charge in [-0.1, -0.05) is 0 Å². The minimum Gasteiger partial charge on any atom is -0.313 e. The Hall–Kier alpha value is -1.45. The molecule has 0 aromatic carbocycles. The number of nitrogens with zero attached hydrogens (tertiary/aromatic N) is 2. The molecule has 58 valence electrons. The zero-order valence-electron chi connectivity index (χ0n) is 6.33. The summed E-state index contributed by atoms with van der Waals surface area (Å²) in [6, 6.07) is 0. The Morgan fingerprint density at radius 1 is 1.82 bits per heavy atom. The van der Waals surface area contributed by atoms with Crippen molar-refractivity contribution in [3.63, 3.8) is 0 Å². The van der Waals surface area contributed by atoms with Crippen molar-refractivity contribution in [2.75, 3.05) is 0 Å². The van der Waals surface area contributed by atoms with Gasteiger partial charge in [0, 0.05) is 37.2 Å². The molecule has 0 aliphatic heterocycles. The van der Waals surface area contributed by atoms with Gasteiger partial charge in [0.25, 0.3) is 0 Å². The fourth-order valence-electron chi connectivity index (χ4n) is 0.797. The molecule has 11 heavy (non-hydrogen) atoms. The van der Waals surface area contributed by atoms with Crippen LogP contribution in [0.1, 0.15) is 12.0 Å². The van der Waals surface area contributed by atoms with Crippen molar-refractivity contribution >= 4 is 11.9 Å². The van der Waals surface area contributed by atoms with Crippen LogP contribution in [0.4, 0.5) is 0 Å². The van der Waals surface area contributed by atoms with E-state index in [9.17, 15) is 0 Å². The molecule has 0 aliphatic carbocycles. The quantitative estimate of drug-likeness (QED) is 0.616. The lowest BCUT2D eigenvalue weighted by atomic mass is 10.2. The highest BCUT2D eigenvalue weighted by molar-refractivity contribution is 6.04. The second-order valence-electron chi connectivity index (χ2n) is 2.29. The monoisotopic (exact) mass is 150 g/mol. The molecule has 1 rings (SSSR count). The van der Waals surface area contributed by atoms with Crippen LogP contribution in [0.2, 0.25) is 0 Å². The van der Waals surface area contributed by atoms with E-state index in [1.165, 1.54) is 6.21 Å². The van der Waals surface area contributed by atoms with Gasteiger partial charge in [-0.05, 0) is 0 Å². The molecule has 4 nitrogen and oxygen atoms in total. The van der Waals surface area contributed by atoms with E-state index in [0.717, 1.165) is 5.56 Å². The summed E-state index contributed by atoms with van der Waals surface area (Å²) >= 11 is 0. The van der Waals surface area contributed by atoms with Crippen LogP contribution in [-0.4, -0.2) is 21.7 Å². The van der Waals surface area contributed by atoms with E-state index in [1.54, 1.807) is 24.1 Å². The maximum Gasteiger partial charge on any atom is 0.0580 e. The smallest absolute Gasteiger partial charge is 0.0580 e. The summed E-state index contributed by atoms with van der Waals surface area (Å²) < 4.78 is 1.65. The minimum absolute atomic E-state index is 0.381. The summed E-state index contributed by atoms with van der Waals surface area (Å²) in [5.74, 6) is 0. The van der Waals surface area contributed by atoms with Gasteiger partial charge in [0.1, 0.15) is 0 Å². The molecule has 0 atom stereocenters. The Morgan fingerprint density at radius 3 is 3.00 bits per heavy atom. The first kappa shape index (κ1) is 7.65. The molecule has 1 aromatic rings. The van der Waals surface area contributed by atoms with Crippen LogP contribution in [0.3, 0.4) is 0 Å². The standard InChI is InChI=1S/C7H10N4/c1-11-5-6(4-10-11)7(9)2-3-8/h3-5,8-9H,2H2,1H3. The fraction of sp³-hybridized carbons (Fsp3) is 0.286. The van der Waals surface area contributed by atoms with E-state index in [-0.39, 0.29) is 0 Å². The highest BCUT2D eigenvalue weighted by Gasteiger charge is 2.00. The SMILES string of the molecule is Cn1cc(C(=N)CC=N)cn1. The average Bonchev–Trinajstić information content (AvgIpc) is 2.36. The Balaban J connectivity index is 2.76. The van der Waals surface area contributed by atoms with Crippen molar-refractivity contribution in [3.05, 3.63) is 18.0 Å². The third-order valence-electron chi connectivity index (χ3n) is 1.36. The average molecular weight is 150 g/mol. The van der Waals surface area contributed by atoms with Crippen LogP contribution in [0.25, 0.3) is 0 Å². The van der Waals surface area contributed by atoms with Crippen molar-refractivity contribution in [2.45, 2.75) is 6.42 Å². The molecule has 0 aliphatic rings. The van der Waals surface area contributed by atoms with E-state index >= 15 is 0 Å². The summed E-state index contributed by atoms with van der Waals surface area (Å²) in [5, 5.41) is 18.2. The molecule has 0 saturated carbocycles. The summed E-state index contributed by atoms with van der Waals surface area (Å²) in [6.45, 7) is 0. The molecule has 0 fully saturated rings. The molecule has 0 saturated heterocycles. The number of aromatic nitrogens is 2. The number of hydrogen-bond donors (Lipinski definition) is 2. The first-order valence-electron chi connectivity index (χ1n) is 3.29. The fourth-order valence-corrected chi connectivity index (χ4v) is 0.797. The third kappa shape index (κ3) is 1.73. The molecule has 0 amide bonds. The van der Waals surface area contributed by atoms with Gasteiger partial charge in [-0.15, -0.1) is 0 Å². The summed E-state index contributed by atoms with van der Waals surface area (Å²) in [4.78, 5) is 0. The molecule has 0 radical (unpaired) electrons. The highest BCUT2D eigenvalue weighted by Crippen LogP contribution is 1.99. The van der Waals surface area contributed by atoms with E-state index < -0.39 is 0 Å². The van der Waals surface area contributed by atoms with Crippen LogP contribution in [0, 0.1) is 10.8 Å². The van der Waals surface area contributed by atoms with Gasteiger partial charge >= 0.3 is 0 Å². The molecule has 0 spiro atoms. The van der Waals surface area contributed by atoms with Gasteiger partial charge in [0.2, 0.25) is 0 Å². The van der Waals surface area contributed by atoms with E-state index in [0.29, 0.717) is 12.1 Å². The molecule has 1 heterocycles. The van der Waals surface area contributed by atoms with Gasteiger partial charge in [0.05, 0.1) is 6.20 Å². The highest BCUT2D eigenvalue weighted by atomic mass is 15.2. The first-order chi connectivity index (χ1) is 5.24. The van der Waals surface area contributed by atoms with Gasteiger partial charge in [-0.2, -0.15) is 5.10 Å². The summed E-state index contributed by atoms with van der Waals surface area (Å²) in [5.41, 5.74) is 1.23.